The van der Waals surface area contributed by atoms with Gasteiger partial charge in [0.25, 0.3) is 0 Å². The van der Waals surface area contributed by atoms with E-state index >= 15 is 0 Å². The van der Waals surface area contributed by atoms with Gasteiger partial charge in [0.15, 0.2) is 17.4 Å². The Morgan fingerprint density at radius 1 is 0.980 bits per heavy atom. The number of anilines is 1. The molecule has 11 heteroatoms. The van der Waals surface area contributed by atoms with Crippen LogP contribution in [0.5, 0.6) is 5.75 Å². The fourth-order valence-electron chi connectivity index (χ4n) is 8.83. The average molecular weight is 690 g/mol. The second-order valence-electron chi connectivity index (χ2n) is 15.8. The van der Waals surface area contributed by atoms with E-state index in [1.807, 2.05) is 34.1 Å². The Morgan fingerprint density at radius 2 is 1.64 bits per heavy atom. The van der Waals surface area contributed by atoms with Crippen molar-refractivity contribution in [1.29, 1.82) is 0 Å². The van der Waals surface area contributed by atoms with Crippen LogP contribution in [0, 0.1) is 28.9 Å². The van der Waals surface area contributed by atoms with Gasteiger partial charge in [0.1, 0.15) is 11.9 Å². The molecule has 1 aliphatic heterocycles. The quantitative estimate of drug-likeness (QED) is 0.226. The number of benzene rings is 1. The van der Waals surface area contributed by atoms with Crippen molar-refractivity contribution in [2.45, 2.75) is 103 Å². The van der Waals surface area contributed by atoms with E-state index in [1.165, 1.54) is 19.2 Å². The summed E-state index contributed by atoms with van der Waals surface area (Å²) in [5, 5.41) is 4.52. The van der Waals surface area contributed by atoms with Gasteiger partial charge >= 0.3 is 6.09 Å². The summed E-state index contributed by atoms with van der Waals surface area (Å²) in [6.45, 7) is 8.30. The van der Waals surface area contributed by atoms with Crippen LogP contribution in [0.1, 0.15) is 96.6 Å². The molecule has 2 amide bonds. The molecule has 2 bridgehead atoms. The van der Waals surface area contributed by atoms with Crippen molar-refractivity contribution in [3.63, 3.8) is 0 Å². The van der Waals surface area contributed by atoms with Gasteiger partial charge in [-0.05, 0) is 130 Å². The number of aromatic nitrogens is 3. The molecule has 2 aromatic heterocycles. The fraction of sp³-hybridized carbons (Fsp3) is 0.590. The predicted molar refractivity (Wildman–Crippen MR) is 186 cm³/mol. The first-order chi connectivity index (χ1) is 24.0. The highest BCUT2D eigenvalue weighted by molar-refractivity contribution is 5.95. The molecule has 0 spiro atoms. The molecule has 3 aromatic rings. The molecular formula is C39H49F2N5O4. The second kappa shape index (κ2) is 13.6. The van der Waals surface area contributed by atoms with E-state index in [4.69, 9.17) is 14.5 Å². The number of methoxy groups -OCH3 is 1. The lowest BCUT2D eigenvalue weighted by Crippen LogP contribution is -2.52. The number of fused-ring (bicyclic) bond motifs is 3. The molecule has 0 radical (unpaired) electrons. The average Bonchev–Trinajstić information content (AvgIpc) is 3.61. The fourth-order valence-corrected chi connectivity index (χ4v) is 8.83. The Balaban J connectivity index is 1.10. The smallest absolute Gasteiger partial charge is 0.410 e. The Bertz CT molecular complexity index is 1680. The molecule has 1 saturated heterocycles. The highest BCUT2D eigenvalue weighted by atomic mass is 19.1. The van der Waals surface area contributed by atoms with E-state index in [2.05, 4.69) is 25.9 Å². The molecule has 0 N–H and O–H groups in total. The minimum Gasteiger partial charge on any atom is -0.491 e. The lowest BCUT2D eigenvalue weighted by atomic mass is 9.51. The lowest BCUT2D eigenvalue weighted by molar-refractivity contribution is -0.124. The molecule has 8 rings (SSSR count). The van der Waals surface area contributed by atoms with E-state index in [-0.39, 0.29) is 46.6 Å². The highest BCUT2D eigenvalue weighted by Crippen LogP contribution is 2.58. The summed E-state index contributed by atoms with van der Waals surface area (Å²) < 4.78 is 42.3. The Hall–Kier alpha value is -4.02. The standard InChI is InChI=1S/C39H49F2N5O4/c1-25(2)46-23-29(20-43-46)28-9-16-42-34(17-28)45(36(47)27-5-7-31(8-6-27)50-37(48)44-21-26(3)22-44)24-38-10-13-39(14-11-38,15-12-38)30-18-32(40)35(49-4)33(41)19-30/h9,16-20,23,25-27,31H,5-8,10-15,21-22,24H2,1-4H3. The van der Waals surface area contributed by atoms with Crippen molar-refractivity contribution in [1.82, 2.24) is 19.7 Å². The van der Waals surface area contributed by atoms with Gasteiger partial charge < -0.3 is 14.4 Å². The molecule has 4 saturated carbocycles. The number of likely N-dealkylation sites (tertiary alicyclic amines) is 1. The van der Waals surface area contributed by atoms with Crippen molar-refractivity contribution in [2.75, 3.05) is 31.6 Å². The summed E-state index contributed by atoms with van der Waals surface area (Å²) in [5.41, 5.74) is 2.20. The van der Waals surface area contributed by atoms with Crippen LogP contribution < -0.4 is 9.64 Å². The summed E-state index contributed by atoms with van der Waals surface area (Å²) in [6.07, 6.45) is 12.8. The summed E-state index contributed by atoms with van der Waals surface area (Å²) in [6, 6.07) is 7.07. The monoisotopic (exact) mass is 689 g/mol. The van der Waals surface area contributed by atoms with Gasteiger partial charge in [0.05, 0.1) is 13.3 Å². The zero-order chi connectivity index (χ0) is 35.2. The first-order valence-electron chi connectivity index (χ1n) is 18.3. The lowest BCUT2D eigenvalue weighted by Gasteiger charge is -2.55. The minimum absolute atomic E-state index is 0.0601. The largest absolute Gasteiger partial charge is 0.491 e. The van der Waals surface area contributed by atoms with Crippen LogP contribution in [0.4, 0.5) is 19.4 Å². The van der Waals surface area contributed by atoms with E-state index in [1.54, 1.807) is 11.1 Å². The Labute approximate surface area is 293 Å². The molecule has 3 heterocycles. The number of amides is 2. The third-order valence-corrected chi connectivity index (χ3v) is 12.1. The number of carbonyl (C=O) groups excluding carboxylic acids is 2. The van der Waals surface area contributed by atoms with Gasteiger partial charge in [-0.2, -0.15) is 5.10 Å². The SMILES string of the molecule is COc1c(F)cc(C23CCC(CN(C(=O)C4CCC(OC(=O)N5CC(C)C5)CC4)c4cc(-c5cnn(C(C)C)c5)ccn4)(CC2)CC3)cc1F. The van der Waals surface area contributed by atoms with Crippen molar-refractivity contribution in [3.8, 4) is 16.9 Å². The first-order valence-corrected chi connectivity index (χ1v) is 18.3. The van der Waals surface area contributed by atoms with E-state index in [0.29, 0.717) is 49.5 Å². The van der Waals surface area contributed by atoms with Crippen molar-refractivity contribution >= 4 is 17.8 Å². The summed E-state index contributed by atoms with van der Waals surface area (Å²) in [7, 11) is 1.28. The van der Waals surface area contributed by atoms with Crippen LogP contribution >= 0.6 is 0 Å². The van der Waals surface area contributed by atoms with Crippen LogP contribution in [0.3, 0.4) is 0 Å². The molecule has 5 fully saturated rings. The van der Waals surface area contributed by atoms with E-state index in [9.17, 15) is 18.4 Å². The number of hydrogen-bond donors (Lipinski definition) is 0. The van der Waals surface area contributed by atoms with Crippen molar-refractivity contribution < 1.29 is 27.8 Å². The number of ether oxygens (including phenoxy) is 2. The molecule has 268 valence electrons. The third-order valence-electron chi connectivity index (χ3n) is 12.1. The topological polar surface area (TPSA) is 89.8 Å². The molecule has 5 aliphatic rings. The highest BCUT2D eigenvalue weighted by Gasteiger charge is 2.51. The van der Waals surface area contributed by atoms with E-state index < -0.39 is 11.6 Å². The number of pyridine rings is 1. The summed E-state index contributed by atoms with van der Waals surface area (Å²) in [5.74, 6) is -0.675. The number of carbonyl (C=O) groups is 2. The minimum atomic E-state index is -0.666. The maximum atomic E-state index is 14.8. The Morgan fingerprint density at radius 3 is 2.22 bits per heavy atom. The summed E-state index contributed by atoms with van der Waals surface area (Å²) in [4.78, 5) is 35.6. The number of hydrogen-bond acceptors (Lipinski definition) is 6. The van der Waals surface area contributed by atoms with E-state index in [0.717, 1.165) is 62.7 Å². The third kappa shape index (κ3) is 6.60. The van der Waals surface area contributed by atoms with Gasteiger partial charge in [-0.1, -0.05) is 6.92 Å². The molecule has 0 unspecified atom stereocenters. The zero-order valence-corrected chi connectivity index (χ0v) is 29.7. The van der Waals surface area contributed by atoms with Crippen LogP contribution in [-0.2, 0) is 14.9 Å². The molecule has 0 atom stereocenters. The maximum absolute atomic E-state index is 14.8. The van der Waals surface area contributed by atoms with Crippen LogP contribution in [0.25, 0.3) is 11.1 Å². The molecule has 9 nitrogen and oxygen atoms in total. The normalized spacial score (nSPS) is 26.5. The van der Waals surface area contributed by atoms with Gasteiger partial charge in [0, 0.05) is 49.6 Å². The molecule has 50 heavy (non-hydrogen) atoms. The first kappa shape index (κ1) is 34.4. The maximum Gasteiger partial charge on any atom is 0.410 e. The molecule has 1 aromatic carbocycles. The molecular weight excluding hydrogens is 640 g/mol. The van der Waals surface area contributed by atoms with Gasteiger partial charge in [-0.3, -0.25) is 14.4 Å². The predicted octanol–water partition coefficient (Wildman–Crippen LogP) is 8.09. The van der Waals surface area contributed by atoms with Gasteiger partial charge in [-0.15, -0.1) is 0 Å². The van der Waals surface area contributed by atoms with Crippen molar-refractivity contribution in [2.24, 2.45) is 17.3 Å². The van der Waals surface area contributed by atoms with Gasteiger partial charge in [-0.25, -0.2) is 18.6 Å². The number of rotatable bonds is 9. The zero-order valence-electron chi connectivity index (χ0n) is 29.7. The Kier molecular flexibility index (Phi) is 9.37. The van der Waals surface area contributed by atoms with Crippen LogP contribution in [0.15, 0.2) is 42.9 Å². The van der Waals surface area contributed by atoms with Gasteiger partial charge in [0.2, 0.25) is 5.91 Å². The molecule has 4 aliphatic carbocycles. The van der Waals surface area contributed by atoms with Crippen LogP contribution in [-0.4, -0.2) is 64.5 Å². The number of halogens is 2. The van der Waals surface area contributed by atoms with Crippen LogP contribution in [0.2, 0.25) is 0 Å². The summed E-state index contributed by atoms with van der Waals surface area (Å²) >= 11 is 0. The van der Waals surface area contributed by atoms with Crippen molar-refractivity contribution in [3.05, 3.63) is 60.1 Å². The second-order valence-corrected chi connectivity index (χ2v) is 15.8. The number of nitrogens with zero attached hydrogens (tertiary/aromatic N) is 5.